The molecule has 0 saturated carbocycles. The number of halogens is 3. The third kappa shape index (κ3) is 3.44. The lowest BCUT2D eigenvalue weighted by Crippen LogP contribution is -2.45. The molecule has 0 aliphatic carbocycles. The summed E-state index contributed by atoms with van der Waals surface area (Å²) >= 11 is 0. The number of nitrogens with zero attached hydrogens (tertiary/aromatic N) is 2. The molecule has 0 unspecified atom stereocenters. The number of hydrogen-bond donors (Lipinski definition) is 1. The van der Waals surface area contributed by atoms with Crippen LogP contribution in [-0.4, -0.2) is 54.2 Å². The van der Waals surface area contributed by atoms with Crippen LogP contribution in [0, 0.1) is 11.3 Å². The van der Waals surface area contributed by atoms with Gasteiger partial charge in [-0.15, -0.1) is 0 Å². The van der Waals surface area contributed by atoms with Gasteiger partial charge < -0.3 is 15.0 Å². The minimum absolute atomic E-state index is 0.0106. The third-order valence-electron chi connectivity index (χ3n) is 3.58. The first kappa shape index (κ1) is 15.6. The van der Waals surface area contributed by atoms with E-state index < -0.39 is 30.3 Å². The highest BCUT2D eigenvalue weighted by atomic mass is 19.4. The van der Waals surface area contributed by atoms with Crippen molar-refractivity contribution in [2.24, 2.45) is 0 Å². The number of carbonyl (C=O) groups is 2. The van der Waals surface area contributed by atoms with Crippen molar-refractivity contribution in [1.82, 2.24) is 10.2 Å². The number of amides is 1. The average molecular weight is 305 g/mol. The predicted octanol–water partition coefficient (Wildman–Crippen LogP) is 0.337. The second-order valence-corrected chi connectivity index (χ2v) is 5.04. The van der Waals surface area contributed by atoms with Crippen LogP contribution in [-0.2, 0) is 14.3 Å². The highest BCUT2D eigenvalue weighted by Gasteiger charge is 2.44. The number of ether oxygens (including phenoxy) is 1. The van der Waals surface area contributed by atoms with Gasteiger partial charge in [0.25, 0.3) is 0 Å². The summed E-state index contributed by atoms with van der Waals surface area (Å²) < 4.78 is 40.6. The van der Waals surface area contributed by atoms with Crippen molar-refractivity contribution in [2.75, 3.05) is 13.1 Å². The first-order valence-corrected chi connectivity index (χ1v) is 6.54. The molecule has 2 aliphatic heterocycles. The molecule has 9 heteroatoms. The molecule has 116 valence electrons. The van der Waals surface area contributed by atoms with E-state index in [0.29, 0.717) is 13.0 Å². The van der Waals surface area contributed by atoms with Crippen molar-refractivity contribution < 1.29 is 27.5 Å². The lowest BCUT2D eigenvalue weighted by Gasteiger charge is -2.23. The summed E-state index contributed by atoms with van der Waals surface area (Å²) in [5.74, 6) is -2.58. The van der Waals surface area contributed by atoms with E-state index in [1.54, 1.807) is 0 Å². The topological polar surface area (TPSA) is 82.4 Å². The molecule has 3 atom stereocenters. The maximum atomic E-state index is 12.2. The van der Waals surface area contributed by atoms with E-state index in [0.717, 1.165) is 6.42 Å². The lowest BCUT2D eigenvalue weighted by molar-refractivity contribution is -0.204. The average Bonchev–Trinajstić information content (AvgIpc) is 3.05. The Kier molecular flexibility index (Phi) is 4.37. The van der Waals surface area contributed by atoms with Crippen LogP contribution in [0.4, 0.5) is 13.2 Å². The zero-order valence-electron chi connectivity index (χ0n) is 11.0. The van der Waals surface area contributed by atoms with Crippen LogP contribution >= 0.6 is 0 Å². The van der Waals surface area contributed by atoms with Crippen LogP contribution in [0.2, 0.25) is 0 Å². The second kappa shape index (κ2) is 5.89. The number of likely N-dealkylation sites (tertiary alicyclic amines) is 1. The molecule has 0 aromatic carbocycles. The Hall–Kier alpha value is -1.82. The van der Waals surface area contributed by atoms with Gasteiger partial charge in [0.2, 0.25) is 5.91 Å². The van der Waals surface area contributed by atoms with Gasteiger partial charge in [-0.25, -0.2) is 4.79 Å². The molecule has 1 N–H and O–H groups in total. The van der Waals surface area contributed by atoms with Gasteiger partial charge in [0.15, 0.2) is 0 Å². The molecule has 0 aromatic rings. The van der Waals surface area contributed by atoms with Crippen LogP contribution in [0.3, 0.4) is 0 Å². The summed E-state index contributed by atoms with van der Waals surface area (Å²) in [6.45, 7) is 0.450. The normalized spacial score (nSPS) is 29.2. The van der Waals surface area contributed by atoms with Gasteiger partial charge in [-0.1, -0.05) is 0 Å². The van der Waals surface area contributed by atoms with E-state index in [1.165, 1.54) is 4.90 Å². The number of rotatable bonds is 2. The number of nitriles is 1. The van der Waals surface area contributed by atoms with E-state index in [9.17, 15) is 22.8 Å². The Morgan fingerprint density at radius 3 is 2.71 bits per heavy atom. The Morgan fingerprint density at radius 1 is 1.38 bits per heavy atom. The second-order valence-electron chi connectivity index (χ2n) is 5.04. The van der Waals surface area contributed by atoms with Crippen LogP contribution in [0.15, 0.2) is 0 Å². The van der Waals surface area contributed by atoms with Crippen LogP contribution in [0.5, 0.6) is 0 Å². The summed E-state index contributed by atoms with van der Waals surface area (Å²) in [6.07, 6.45) is -4.72. The Morgan fingerprint density at radius 2 is 2.10 bits per heavy atom. The third-order valence-corrected chi connectivity index (χ3v) is 3.58. The van der Waals surface area contributed by atoms with Crippen molar-refractivity contribution in [3.05, 3.63) is 0 Å². The maximum absolute atomic E-state index is 12.2. The van der Waals surface area contributed by atoms with E-state index in [1.807, 2.05) is 6.07 Å². The van der Waals surface area contributed by atoms with Crippen molar-refractivity contribution >= 4 is 11.9 Å². The molecule has 0 spiro atoms. The first-order valence-electron chi connectivity index (χ1n) is 6.54. The summed E-state index contributed by atoms with van der Waals surface area (Å²) in [7, 11) is 0. The predicted molar refractivity (Wildman–Crippen MR) is 62.7 cm³/mol. The fourth-order valence-corrected chi connectivity index (χ4v) is 2.56. The molecular weight excluding hydrogens is 291 g/mol. The van der Waals surface area contributed by atoms with Gasteiger partial charge in [0, 0.05) is 19.5 Å². The minimum atomic E-state index is -5.04. The molecule has 1 amide bonds. The summed E-state index contributed by atoms with van der Waals surface area (Å²) in [5.41, 5.74) is 0. The Bertz CT molecular complexity index is 475. The Balaban J connectivity index is 1.89. The molecule has 2 aliphatic rings. The van der Waals surface area contributed by atoms with Gasteiger partial charge in [0.1, 0.15) is 12.1 Å². The molecule has 0 bridgehead atoms. The van der Waals surface area contributed by atoms with Crippen LogP contribution in [0.25, 0.3) is 0 Å². The van der Waals surface area contributed by atoms with Crippen LogP contribution in [0.1, 0.15) is 19.3 Å². The standard InChI is InChI=1S/C12H14F3N3O3/c13-12(14,15)11(20)21-8-4-9(17-6-8)10(19)18-3-1-2-7(18)5-16/h7-9,17H,1-4,6H2/t7-,8-,9-/m0/s1. The zero-order chi connectivity index (χ0) is 15.6. The smallest absolute Gasteiger partial charge is 0.454 e. The largest absolute Gasteiger partial charge is 0.490 e. The number of esters is 1. The molecule has 0 radical (unpaired) electrons. The fraction of sp³-hybridized carbons (Fsp3) is 0.750. The summed E-state index contributed by atoms with van der Waals surface area (Å²) in [6, 6.07) is 0.818. The minimum Gasteiger partial charge on any atom is -0.454 e. The van der Waals surface area contributed by atoms with E-state index in [4.69, 9.17) is 5.26 Å². The van der Waals surface area contributed by atoms with Crippen LogP contribution < -0.4 is 5.32 Å². The van der Waals surface area contributed by atoms with Gasteiger partial charge in [-0.3, -0.25) is 4.79 Å². The quantitative estimate of drug-likeness (QED) is 0.744. The van der Waals surface area contributed by atoms with Gasteiger partial charge in [-0.2, -0.15) is 18.4 Å². The summed E-state index contributed by atoms with van der Waals surface area (Å²) in [4.78, 5) is 24.4. The molecule has 21 heavy (non-hydrogen) atoms. The molecule has 2 heterocycles. The SMILES string of the molecule is N#C[C@@H]1CCCN1C(=O)[C@@H]1C[C@H](OC(=O)C(F)(F)F)CN1. The number of carbonyl (C=O) groups excluding carboxylic acids is 2. The van der Waals surface area contributed by atoms with E-state index >= 15 is 0 Å². The number of nitrogens with one attached hydrogen (secondary N) is 1. The zero-order valence-corrected chi connectivity index (χ0v) is 11.0. The lowest BCUT2D eigenvalue weighted by atomic mass is 10.1. The van der Waals surface area contributed by atoms with E-state index in [2.05, 4.69) is 10.1 Å². The molecule has 2 saturated heterocycles. The maximum Gasteiger partial charge on any atom is 0.490 e. The van der Waals surface area contributed by atoms with Crippen molar-refractivity contribution in [3.63, 3.8) is 0 Å². The molecule has 2 rings (SSSR count). The Labute approximate surface area is 118 Å². The number of hydrogen-bond acceptors (Lipinski definition) is 5. The highest BCUT2D eigenvalue weighted by molar-refractivity contribution is 5.83. The van der Waals surface area contributed by atoms with Crippen molar-refractivity contribution in [1.29, 1.82) is 5.26 Å². The number of alkyl halides is 3. The molecule has 0 aromatic heterocycles. The fourth-order valence-electron chi connectivity index (χ4n) is 2.56. The summed E-state index contributed by atoms with van der Waals surface area (Å²) in [5, 5.41) is 11.7. The van der Waals surface area contributed by atoms with E-state index in [-0.39, 0.29) is 18.9 Å². The first-order chi connectivity index (χ1) is 9.82. The highest BCUT2D eigenvalue weighted by Crippen LogP contribution is 2.23. The monoisotopic (exact) mass is 305 g/mol. The van der Waals surface area contributed by atoms with Gasteiger partial charge in [0.05, 0.1) is 12.1 Å². The van der Waals surface area contributed by atoms with Gasteiger partial charge >= 0.3 is 12.1 Å². The molecule has 6 nitrogen and oxygen atoms in total. The van der Waals surface area contributed by atoms with Gasteiger partial charge in [-0.05, 0) is 12.8 Å². The molecular formula is C12H14F3N3O3. The van der Waals surface area contributed by atoms with Crippen molar-refractivity contribution in [3.8, 4) is 6.07 Å². The molecule has 2 fully saturated rings. The van der Waals surface area contributed by atoms with Crippen molar-refractivity contribution in [2.45, 2.75) is 43.6 Å².